The van der Waals surface area contributed by atoms with Crippen LogP contribution in [-0.4, -0.2) is 35.3 Å². The number of esters is 1. The molecular formula is C24H24FN3O6S. The van der Waals surface area contributed by atoms with Gasteiger partial charge in [0, 0.05) is 28.6 Å². The van der Waals surface area contributed by atoms with E-state index in [0.717, 1.165) is 6.26 Å². The fourth-order valence-electron chi connectivity index (χ4n) is 5.11. The van der Waals surface area contributed by atoms with Crippen LogP contribution in [0.4, 0.5) is 4.39 Å². The summed E-state index contributed by atoms with van der Waals surface area (Å²) >= 11 is 0. The number of ether oxygens (including phenoxy) is 1. The third-order valence-electron chi connectivity index (χ3n) is 6.84. The van der Waals surface area contributed by atoms with Gasteiger partial charge in [-0.25, -0.2) is 27.3 Å². The Labute approximate surface area is 200 Å². The number of hydrogen-bond donors (Lipinski definition) is 2. The molecule has 2 atom stereocenters. The molecule has 0 fully saturated rings. The molecule has 9 nitrogen and oxygen atoms in total. The van der Waals surface area contributed by atoms with Crippen LogP contribution >= 0.6 is 0 Å². The van der Waals surface area contributed by atoms with Crippen LogP contribution in [0, 0.1) is 12.7 Å². The van der Waals surface area contributed by atoms with Crippen molar-refractivity contribution in [3.63, 3.8) is 0 Å². The van der Waals surface area contributed by atoms with Gasteiger partial charge < -0.3 is 14.4 Å². The van der Waals surface area contributed by atoms with Crippen LogP contribution in [0.25, 0.3) is 22.3 Å². The van der Waals surface area contributed by atoms with Crippen LogP contribution in [0.5, 0.6) is 0 Å². The molecule has 0 bridgehead atoms. The van der Waals surface area contributed by atoms with E-state index >= 15 is 0 Å². The van der Waals surface area contributed by atoms with E-state index in [4.69, 9.17) is 4.74 Å². The molecule has 4 heterocycles. The summed E-state index contributed by atoms with van der Waals surface area (Å²) < 4.78 is 47.7. The van der Waals surface area contributed by atoms with Crippen LogP contribution in [0.3, 0.4) is 0 Å². The maximum absolute atomic E-state index is 14.5. The van der Waals surface area contributed by atoms with E-state index in [0.29, 0.717) is 39.0 Å². The summed E-state index contributed by atoms with van der Waals surface area (Å²) in [6.07, 6.45) is 1.05. The highest BCUT2D eigenvalue weighted by Gasteiger charge is 2.45. The van der Waals surface area contributed by atoms with Gasteiger partial charge in [0.2, 0.25) is 10.0 Å². The minimum Gasteiger partial charge on any atom is -0.458 e. The topological polar surface area (TPSA) is 128 Å². The van der Waals surface area contributed by atoms with Gasteiger partial charge in [0.05, 0.1) is 35.3 Å². The largest absolute Gasteiger partial charge is 0.458 e. The maximum atomic E-state index is 14.5. The summed E-state index contributed by atoms with van der Waals surface area (Å²) in [5, 5.41) is 11.6. The lowest BCUT2D eigenvalue weighted by Crippen LogP contribution is -2.44. The minimum absolute atomic E-state index is 0.00475. The molecule has 0 unspecified atom stereocenters. The average Bonchev–Trinajstić information content (AvgIpc) is 3.13. The number of fused-ring (bicyclic) bond motifs is 5. The zero-order valence-electron chi connectivity index (χ0n) is 19.6. The normalized spacial score (nSPS) is 19.8. The number of aryl methyl sites for hydroxylation is 1. The molecule has 11 heteroatoms. The van der Waals surface area contributed by atoms with Crippen molar-refractivity contribution in [2.24, 2.45) is 0 Å². The third kappa shape index (κ3) is 3.48. The van der Waals surface area contributed by atoms with Crippen LogP contribution in [-0.2, 0) is 38.3 Å². The number of nitrogens with one attached hydrogen (secondary N) is 1. The molecule has 0 amide bonds. The van der Waals surface area contributed by atoms with Crippen LogP contribution in [0.2, 0.25) is 0 Å². The molecule has 5 rings (SSSR count). The SMILES string of the molecule is CC[C@@]1(O)C(=O)OCc2c1cc1n(c2=O)Cc2c-1nc1cc(F)c(C)cc1c2[C@@H](C)NS(C)(=O)=O. The molecule has 2 aromatic heterocycles. The third-order valence-corrected chi connectivity index (χ3v) is 7.62. The first-order chi connectivity index (χ1) is 16.4. The van der Waals surface area contributed by atoms with Gasteiger partial charge in [-0.3, -0.25) is 4.79 Å². The predicted octanol–water partition coefficient (Wildman–Crippen LogP) is 2.14. The Balaban J connectivity index is 1.84. The number of benzene rings is 1. The summed E-state index contributed by atoms with van der Waals surface area (Å²) in [6, 6.07) is 3.76. The molecule has 2 aliphatic rings. The highest BCUT2D eigenvalue weighted by atomic mass is 32.2. The van der Waals surface area contributed by atoms with E-state index < -0.39 is 39.0 Å². The summed E-state index contributed by atoms with van der Waals surface area (Å²) in [4.78, 5) is 30.5. The molecule has 0 radical (unpaired) electrons. The van der Waals surface area contributed by atoms with E-state index in [2.05, 4.69) is 9.71 Å². The van der Waals surface area contributed by atoms with Gasteiger partial charge in [-0.2, -0.15) is 0 Å². The van der Waals surface area contributed by atoms with Crippen molar-refractivity contribution >= 4 is 26.9 Å². The first-order valence-corrected chi connectivity index (χ1v) is 13.0. The zero-order valence-corrected chi connectivity index (χ0v) is 20.4. The number of sulfonamides is 1. The lowest BCUT2D eigenvalue weighted by molar-refractivity contribution is -0.172. The Kier molecular flexibility index (Phi) is 5.17. The number of cyclic esters (lactones) is 1. The Morgan fingerprint density at radius 3 is 2.66 bits per heavy atom. The van der Waals surface area contributed by atoms with E-state index in [1.807, 2.05) is 0 Å². The van der Waals surface area contributed by atoms with Crippen molar-refractivity contribution in [3.8, 4) is 11.4 Å². The number of aromatic nitrogens is 2. The van der Waals surface area contributed by atoms with Crippen LogP contribution in [0.1, 0.15) is 54.1 Å². The summed E-state index contributed by atoms with van der Waals surface area (Å²) in [7, 11) is -3.59. The van der Waals surface area contributed by atoms with Crippen molar-refractivity contribution in [3.05, 3.63) is 62.2 Å². The number of halogens is 1. The van der Waals surface area contributed by atoms with Gasteiger partial charge in [0.25, 0.3) is 5.56 Å². The van der Waals surface area contributed by atoms with Gasteiger partial charge in [0.15, 0.2) is 5.60 Å². The summed E-state index contributed by atoms with van der Waals surface area (Å²) in [6.45, 7) is 4.73. The molecule has 2 aliphatic heterocycles. The number of carbonyl (C=O) groups is 1. The van der Waals surface area contributed by atoms with Crippen LogP contribution in [0.15, 0.2) is 23.0 Å². The van der Waals surface area contributed by atoms with E-state index in [-0.39, 0.29) is 30.7 Å². The fourth-order valence-corrected chi connectivity index (χ4v) is 5.87. The molecule has 1 aromatic carbocycles. The second-order valence-corrected chi connectivity index (χ2v) is 11.0. The van der Waals surface area contributed by atoms with E-state index in [1.165, 1.54) is 10.6 Å². The zero-order chi connectivity index (χ0) is 25.4. The minimum atomic E-state index is -3.59. The van der Waals surface area contributed by atoms with Crippen molar-refractivity contribution in [1.82, 2.24) is 14.3 Å². The number of hydrogen-bond acceptors (Lipinski definition) is 7. The number of aliphatic hydroxyl groups is 1. The maximum Gasteiger partial charge on any atom is 0.343 e. The molecule has 0 saturated heterocycles. The lowest BCUT2D eigenvalue weighted by Gasteiger charge is -2.31. The number of nitrogens with zero attached hydrogens (tertiary/aromatic N) is 2. The molecule has 3 aromatic rings. The Bertz CT molecular complexity index is 1610. The molecule has 0 spiro atoms. The first kappa shape index (κ1) is 23.6. The summed E-state index contributed by atoms with van der Waals surface area (Å²) in [5.41, 5.74) is 0.538. The van der Waals surface area contributed by atoms with E-state index in [1.54, 1.807) is 32.9 Å². The molecule has 2 N–H and O–H groups in total. The van der Waals surface area contributed by atoms with Gasteiger partial charge >= 0.3 is 5.97 Å². The Hall–Kier alpha value is -3.15. The molecule has 35 heavy (non-hydrogen) atoms. The fraction of sp³-hybridized carbons (Fsp3) is 0.375. The highest BCUT2D eigenvalue weighted by Crippen LogP contribution is 2.42. The second-order valence-electron chi connectivity index (χ2n) is 9.19. The van der Waals surface area contributed by atoms with Gasteiger partial charge in [-0.05, 0) is 43.5 Å². The molecule has 0 saturated carbocycles. The first-order valence-electron chi connectivity index (χ1n) is 11.1. The highest BCUT2D eigenvalue weighted by molar-refractivity contribution is 7.88. The van der Waals surface area contributed by atoms with Gasteiger partial charge in [-0.1, -0.05) is 6.92 Å². The smallest absolute Gasteiger partial charge is 0.343 e. The van der Waals surface area contributed by atoms with Gasteiger partial charge in [0.1, 0.15) is 12.4 Å². The van der Waals surface area contributed by atoms with Crippen molar-refractivity contribution in [2.75, 3.05) is 6.26 Å². The quantitative estimate of drug-likeness (QED) is 0.410. The monoisotopic (exact) mass is 501 g/mol. The van der Waals surface area contributed by atoms with Gasteiger partial charge in [-0.15, -0.1) is 0 Å². The summed E-state index contributed by atoms with van der Waals surface area (Å²) in [5.74, 6) is -1.30. The second kappa shape index (κ2) is 7.67. The molecular weight excluding hydrogens is 477 g/mol. The van der Waals surface area contributed by atoms with Crippen LogP contribution < -0.4 is 10.3 Å². The number of rotatable bonds is 4. The van der Waals surface area contributed by atoms with Crippen molar-refractivity contribution < 1.29 is 27.4 Å². The van der Waals surface area contributed by atoms with E-state index in [9.17, 15) is 27.5 Å². The number of carbonyl (C=O) groups excluding carboxylic acids is 1. The van der Waals surface area contributed by atoms with Crippen molar-refractivity contribution in [2.45, 2.75) is 52.0 Å². The predicted molar refractivity (Wildman–Crippen MR) is 126 cm³/mol. The Morgan fingerprint density at radius 2 is 2.00 bits per heavy atom. The Morgan fingerprint density at radius 1 is 1.29 bits per heavy atom. The molecule has 184 valence electrons. The van der Waals surface area contributed by atoms with Crippen molar-refractivity contribution in [1.29, 1.82) is 0 Å². The average molecular weight is 502 g/mol. The standard InChI is InChI=1S/C24H24FN3O6S/c1-5-24(31)16-7-19-21-14(9-28(19)22(29)15(16)10-34-23(24)30)20(12(3)27-35(4,32)33)13-6-11(2)17(25)8-18(13)26-21/h6-8,12,27,31H,5,9-10H2,1-4H3/t12-,24+/m1/s1. The number of pyridine rings is 2. The molecule has 0 aliphatic carbocycles. The lowest BCUT2D eigenvalue weighted by atomic mass is 9.86.